The number of hydrogen-bond donors (Lipinski definition) is 0. The predicted octanol–water partition coefficient (Wildman–Crippen LogP) is 2.80. The maximum atomic E-state index is 6.14. The Morgan fingerprint density at radius 3 is 2.33 bits per heavy atom. The molecule has 0 radical (unpaired) electrons. The van der Waals surface area contributed by atoms with Gasteiger partial charge < -0.3 is 9.31 Å². The zero-order valence-corrected chi connectivity index (χ0v) is 11.9. The smallest absolute Gasteiger partial charge is 0.408 e. The van der Waals surface area contributed by atoms with Crippen LogP contribution in [0.3, 0.4) is 0 Å². The summed E-state index contributed by atoms with van der Waals surface area (Å²) in [7, 11) is -0.226. The highest BCUT2D eigenvalue weighted by Gasteiger charge is 2.50. The van der Waals surface area contributed by atoms with Crippen molar-refractivity contribution in [2.24, 2.45) is 5.92 Å². The molecule has 1 aliphatic rings. The van der Waals surface area contributed by atoms with Gasteiger partial charge in [0.25, 0.3) is 0 Å². The van der Waals surface area contributed by atoms with Gasteiger partial charge in [-0.3, -0.25) is 0 Å². The molecule has 0 aliphatic heterocycles. The van der Waals surface area contributed by atoms with Crippen LogP contribution in [0.15, 0.2) is 24.3 Å². The van der Waals surface area contributed by atoms with Gasteiger partial charge in [0.2, 0.25) is 0 Å². The summed E-state index contributed by atoms with van der Waals surface area (Å²) in [6.45, 7) is 9.24. The fourth-order valence-corrected chi connectivity index (χ4v) is 2.22. The van der Waals surface area contributed by atoms with E-state index < -0.39 is 0 Å². The van der Waals surface area contributed by atoms with Crippen molar-refractivity contribution >= 4 is 12.6 Å². The summed E-state index contributed by atoms with van der Waals surface area (Å²) in [5, 5.41) is 0. The van der Waals surface area contributed by atoms with E-state index in [-0.39, 0.29) is 12.7 Å². The summed E-state index contributed by atoms with van der Waals surface area (Å²) < 4.78 is 11.9. The average Bonchev–Trinajstić information content (AvgIpc) is 2.96. The third kappa shape index (κ3) is 2.96. The highest BCUT2D eigenvalue weighted by molar-refractivity contribution is 6.61. The fraction of sp³-hybridized carbons (Fsp3) is 0.600. The number of benzene rings is 1. The number of aryl methyl sites for hydroxylation is 1. The van der Waals surface area contributed by atoms with Gasteiger partial charge in [0.15, 0.2) is 0 Å². The lowest BCUT2D eigenvalue weighted by molar-refractivity contribution is 0.132. The molecular formula is C15H23BO2. The Kier molecular flexibility index (Phi) is 4.13. The van der Waals surface area contributed by atoms with Crippen LogP contribution in [-0.2, 0) is 15.7 Å². The van der Waals surface area contributed by atoms with Gasteiger partial charge in [0.05, 0.1) is 5.60 Å². The molecule has 0 spiro atoms. The van der Waals surface area contributed by atoms with Crippen molar-refractivity contribution < 1.29 is 9.31 Å². The second-order valence-electron chi connectivity index (χ2n) is 5.42. The molecule has 1 aromatic carbocycles. The molecule has 1 saturated carbocycles. The SMILES string of the molecule is CCOB(OC1(C)CC1C)c1ccc(CC)cc1. The lowest BCUT2D eigenvalue weighted by Crippen LogP contribution is -2.40. The largest absolute Gasteiger partial charge is 0.494 e. The fourth-order valence-electron chi connectivity index (χ4n) is 2.22. The molecule has 2 rings (SSSR count). The Morgan fingerprint density at radius 2 is 1.89 bits per heavy atom. The van der Waals surface area contributed by atoms with Crippen molar-refractivity contribution in [3.8, 4) is 0 Å². The molecule has 1 fully saturated rings. The van der Waals surface area contributed by atoms with E-state index in [1.807, 2.05) is 6.92 Å². The first-order valence-corrected chi connectivity index (χ1v) is 6.97. The summed E-state index contributed by atoms with van der Waals surface area (Å²) in [4.78, 5) is 0. The standard InChI is InChI=1S/C15H23BO2/c1-5-13-7-9-14(10-8-13)16(17-6-2)18-15(4)11-12(15)3/h7-10,12H,5-6,11H2,1-4H3. The predicted molar refractivity (Wildman–Crippen MR) is 76.1 cm³/mol. The van der Waals surface area contributed by atoms with Crippen LogP contribution >= 0.6 is 0 Å². The van der Waals surface area contributed by atoms with E-state index in [9.17, 15) is 0 Å². The number of rotatable bonds is 6. The van der Waals surface area contributed by atoms with E-state index in [1.54, 1.807) is 0 Å². The molecule has 1 aromatic rings. The molecule has 18 heavy (non-hydrogen) atoms. The Morgan fingerprint density at radius 1 is 1.28 bits per heavy atom. The van der Waals surface area contributed by atoms with Crippen LogP contribution in [0.2, 0.25) is 0 Å². The minimum atomic E-state index is -0.226. The summed E-state index contributed by atoms with van der Waals surface area (Å²) >= 11 is 0. The molecule has 0 aromatic heterocycles. The van der Waals surface area contributed by atoms with E-state index in [0.29, 0.717) is 12.5 Å². The van der Waals surface area contributed by atoms with Crippen molar-refractivity contribution in [2.75, 3.05) is 6.61 Å². The van der Waals surface area contributed by atoms with E-state index in [1.165, 1.54) is 5.56 Å². The summed E-state index contributed by atoms with van der Waals surface area (Å²) in [6, 6.07) is 8.55. The lowest BCUT2D eigenvalue weighted by Gasteiger charge is -2.20. The quantitative estimate of drug-likeness (QED) is 0.718. The molecule has 1 aliphatic carbocycles. The van der Waals surface area contributed by atoms with E-state index >= 15 is 0 Å². The first-order chi connectivity index (χ1) is 8.59. The summed E-state index contributed by atoms with van der Waals surface area (Å²) in [5.41, 5.74) is 2.47. The Bertz CT molecular complexity index is 390. The third-order valence-electron chi connectivity index (χ3n) is 3.95. The zero-order valence-electron chi connectivity index (χ0n) is 11.9. The van der Waals surface area contributed by atoms with Gasteiger partial charge in [-0.2, -0.15) is 0 Å². The van der Waals surface area contributed by atoms with Crippen LogP contribution in [0, 0.1) is 5.92 Å². The molecule has 2 unspecified atom stereocenters. The van der Waals surface area contributed by atoms with Gasteiger partial charge in [-0.1, -0.05) is 38.1 Å². The zero-order chi connectivity index (χ0) is 13.2. The minimum absolute atomic E-state index is 0.00324. The van der Waals surface area contributed by atoms with Gasteiger partial charge >= 0.3 is 7.12 Å². The molecule has 0 amide bonds. The summed E-state index contributed by atoms with van der Waals surface area (Å²) in [6.07, 6.45) is 2.19. The van der Waals surface area contributed by atoms with E-state index in [4.69, 9.17) is 9.31 Å². The molecule has 98 valence electrons. The molecule has 0 saturated heterocycles. The minimum Gasteiger partial charge on any atom is -0.408 e. The first-order valence-electron chi connectivity index (χ1n) is 6.97. The Balaban J connectivity index is 2.08. The van der Waals surface area contributed by atoms with Crippen LogP contribution in [-0.4, -0.2) is 19.3 Å². The maximum Gasteiger partial charge on any atom is 0.494 e. The topological polar surface area (TPSA) is 18.5 Å². The second-order valence-corrected chi connectivity index (χ2v) is 5.42. The van der Waals surface area contributed by atoms with E-state index in [2.05, 4.69) is 45.0 Å². The number of hydrogen-bond acceptors (Lipinski definition) is 2. The highest BCUT2D eigenvalue weighted by Crippen LogP contribution is 2.46. The highest BCUT2D eigenvalue weighted by atomic mass is 16.6. The molecule has 0 N–H and O–H groups in total. The van der Waals surface area contributed by atoms with Gasteiger partial charge in [-0.25, -0.2) is 0 Å². The molecule has 2 atom stereocenters. The Labute approximate surface area is 111 Å². The first kappa shape index (κ1) is 13.6. The van der Waals surface area contributed by atoms with Crippen molar-refractivity contribution in [1.29, 1.82) is 0 Å². The molecule has 0 heterocycles. The average molecular weight is 246 g/mol. The lowest BCUT2D eigenvalue weighted by atomic mass is 9.78. The van der Waals surface area contributed by atoms with Crippen LogP contribution in [0.5, 0.6) is 0 Å². The van der Waals surface area contributed by atoms with Crippen LogP contribution in [0.1, 0.15) is 39.7 Å². The van der Waals surface area contributed by atoms with Crippen molar-refractivity contribution in [1.82, 2.24) is 0 Å². The second kappa shape index (κ2) is 5.46. The third-order valence-corrected chi connectivity index (χ3v) is 3.95. The van der Waals surface area contributed by atoms with Crippen LogP contribution in [0.4, 0.5) is 0 Å². The Hall–Kier alpha value is -0.795. The maximum absolute atomic E-state index is 6.14. The van der Waals surface area contributed by atoms with E-state index in [0.717, 1.165) is 18.3 Å². The summed E-state index contributed by atoms with van der Waals surface area (Å²) in [5.74, 6) is 0.635. The monoisotopic (exact) mass is 246 g/mol. The van der Waals surface area contributed by atoms with Crippen LogP contribution < -0.4 is 5.46 Å². The van der Waals surface area contributed by atoms with Gasteiger partial charge in [0, 0.05) is 6.61 Å². The molecule has 0 bridgehead atoms. The van der Waals surface area contributed by atoms with Crippen LogP contribution in [0.25, 0.3) is 0 Å². The molecule has 3 heteroatoms. The van der Waals surface area contributed by atoms with Gasteiger partial charge in [0.1, 0.15) is 0 Å². The van der Waals surface area contributed by atoms with Gasteiger partial charge in [-0.15, -0.1) is 0 Å². The normalized spacial score (nSPS) is 26.1. The van der Waals surface area contributed by atoms with Gasteiger partial charge in [-0.05, 0) is 43.6 Å². The van der Waals surface area contributed by atoms with Crippen molar-refractivity contribution in [2.45, 2.75) is 46.1 Å². The van der Waals surface area contributed by atoms with Crippen molar-refractivity contribution in [3.05, 3.63) is 29.8 Å². The molecule has 2 nitrogen and oxygen atoms in total. The molecular weight excluding hydrogens is 223 g/mol. The van der Waals surface area contributed by atoms with Crippen molar-refractivity contribution in [3.63, 3.8) is 0 Å².